The molecule has 0 radical (unpaired) electrons. The third-order valence-corrected chi connectivity index (χ3v) is 4.24. The lowest BCUT2D eigenvalue weighted by atomic mass is 10.0. The third-order valence-electron chi connectivity index (χ3n) is 4.24. The number of piperidine rings is 1. The van der Waals surface area contributed by atoms with Crippen molar-refractivity contribution in [1.29, 1.82) is 0 Å². The van der Waals surface area contributed by atoms with Crippen LogP contribution in [0.3, 0.4) is 0 Å². The number of alkyl carbamates (subject to hydrolysis) is 1. The molecule has 0 spiro atoms. The molecular weight excluding hydrogens is 406 g/mol. The van der Waals surface area contributed by atoms with Gasteiger partial charge in [-0.05, 0) is 54.0 Å². The van der Waals surface area contributed by atoms with Crippen LogP contribution >= 0.6 is 0 Å². The van der Waals surface area contributed by atoms with Crippen molar-refractivity contribution in [2.75, 3.05) is 18.0 Å². The van der Waals surface area contributed by atoms with Gasteiger partial charge in [0.15, 0.2) is 0 Å². The van der Waals surface area contributed by atoms with E-state index in [9.17, 15) is 19.7 Å². The van der Waals surface area contributed by atoms with Crippen molar-refractivity contribution < 1.29 is 24.0 Å². The second kappa shape index (κ2) is 9.46. The highest BCUT2D eigenvalue weighted by Gasteiger charge is 2.37. The van der Waals surface area contributed by atoms with E-state index in [0.717, 1.165) is 6.20 Å². The molecule has 1 aromatic rings. The van der Waals surface area contributed by atoms with Gasteiger partial charge in [-0.3, -0.25) is 20.0 Å². The maximum absolute atomic E-state index is 13.1. The topological polar surface area (TPSA) is 136 Å². The fraction of sp³-hybridized carbons (Fsp3) is 0.650. The number of carbonyl (C=O) groups excluding carboxylic acids is 2. The van der Waals surface area contributed by atoms with Gasteiger partial charge >= 0.3 is 17.9 Å². The Labute approximate surface area is 181 Å². The Kier molecular flexibility index (Phi) is 7.42. The molecule has 1 aliphatic rings. The second-order valence-corrected chi connectivity index (χ2v) is 9.36. The van der Waals surface area contributed by atoms with Gasteiger partial charge in [0.2, 0.25) is 0 Å². The van der Waals surface area contributed by atoms with Crippen LogP contribution in [0.15, 0.2) is 18.5 Å². The third kappa shape index (κ3) is 7.35. The standard InChI is InChI=1S/C20H31N5O6/c1-19(2,3)30-17(26)23-13-9-14(11-22-10-13)24(18(27)31-20(4,5)6)15-7-8-21-12-16(15)25(28)29/h7-8,12-14,22H,9-11H2,1-6H3,(H,23,26). The molecular formula is C20H31N5O6. The number of pyridine rings is 1. The summed E-state index contributed by atoms with van der Waals surface area (Å²) in [6.07, 6.45) is 1.54. The molecule has 0 aromatic carbocycles. The van der Waals surface area contributed by atoms with Crippen LogP contribution in [0.1, 0.15) is 48.0 Å². The number of nitrogens with zero attached hydrogens (tertiary/aromatic N) is 3. The second-order valence-electron chi connectivity index (χ2n) is 9.36. The number of carbonyl (C=O) groups is 2. The SMILES string of the molecule is CC(C)(C)OC(=O)NC1CNCC(N(C(=O)OC(C)(C)C)c2ccncc2[N+](=O)[O-])C1. The summed E-state index contributed by atoms with van der Waals surface area (Å²) >= 11 is 0. The van der Waals surface area contributed by atoms with Crippen molar-refractivity contribution in [1.82, 2.24) is 15.6 Å². The number of anilines is 1. The molecule has 1 saturated heterocycles. The van der Waals surface area contributed by atoms with Gasteiger partial charge in [0.25, 0.3) is 0 Å². The van der Waals surface area contributed by atoms with Crippen molar-refractivity contribution in [3.8, 4) is 0 Å². The fourth-order valence-corrected chi connectivity index (χ4v) is 3.18. The Morgan fingerprint density at radius 3 is 2.42 bits per heavy atom. The van der Waals surface area contributed by atoms with E-state index in [-0.39, 0.29) is 17.4 Å². The molecule has 11 heteroatoms. The van der Waals surface area contributed by atoms with Gasteiger partial charge in [0.05, 0.1) is 11.0 Å². The summed E-state index contributed by atoms with van der Waals surface area (Å²) in [5, 5.41) is 17.5. The molecule has 0 saturated carbocycles. The van der Waals surface area contributed by atoms with Gasteiger partial charge in [-0.1, -0.05) is 0 Å². The number of nitrogens with one attached hydrogen (secondary N) is 2. The predicted molar refractivity (Wildman–Crippen MR) is 114 cm³/mol. The molecule has 1 aliphatic heterocycles. The van der Waals surface area contributed by atoms with Gasteiger partial charge in [0.1, 0.15) is 23.1 Å². The van der Waals surface area contributed by atoms with E-state index in [2.05, 4.69) is 15.6 Å². The molecule has 2 unspecified atom stereocenters. The molecule has 31 heavy (non-hydrogen) atoms. The lowest BCUT2D eigenvalue weighted by Gasteiger charge is -2.38. The van der Waals surface area contributed by atoms with Crippen LogP contribution in [-0.4, -0.2) is 58.5 Å². The number of nitro groups is 1. The van der Waals surface area contributed by atoms with Crippen LogP contribution in [0.25, 0.3) is 0 Å². The Bertz CT molecular complexity index is 817. The number of rotatable bonds is 4. The van der Waals surface area contributed by atoms with E-state index in [0.29, 0.717) is 19.5 Å². The first-order valence-corrected chi connectivity index (χ1v) is 10.1. The van der Waals surface area contributed by atoms with Gasteiger partial charge in [-0.2, -0.15) is 0 Å². The summed E-state index contributed by atoms with van der Waals surface area (Å²) in [4.78, 5) is 41.3. The van der Waals surface area contributed by atoms with Gasteiger partial charge in [-0.25, -0.2) is 9.59 Å². The van der Waals surface area contributed by atoms with E-state index in [1.54, 1.807) is 41.5 Å². The van der Waals surface area contributed by atoms with E-state index < -0.39 is 34.4 Å². The average molecular weight is 437 g/mol. The van der Waals surface area contributed by atoms with Crippen molar-refractivity contribution in [3.05, 3.63) is 28.6 Å². The lowest BCUT2D eigenvalue weighted by Crippen LogP contribution is -2.58. The van der Waals surface area contributed by atoms with Crippen molar-refractivity contribution in [2.24, 2.45) is 0 Å². The van der Waals surface area contributed by atoms with Crippen molar-refractivity contribution in [3.63, 3.8) is 0 Å². The van der Waals surface area contributed by atoms with E-state index >= 15 is 0 Å². The molecule has 2 N–H and O–H groups in total. The first-order chi connectivity index (χ1) is 14.3. The summed E-state index contributed by atoms with van der Waals surface area (Å²) in [6.45, 7) is 11.3. The normalized spacial score (nSPS) is 19.3. The molecule has 2 heterocycles. The molecule has 1 fully saturated rings. The van der Waals surface area contributed by atoms with Gasteiger partial charge in [0, 0.05) is 25.3 Å². The molecule has 11 nitrogen and oxygen atoms in total. The minimum atomic E-state index is -0.798. The molecule has 0 bridgehead atoms. The highest BCUT2D eigenvalue weighted by Crippen LogP contribution is 2.31. The molecule has 0 aliphatic carbocycles. The first kappa shape index (κ1) is 24.3. The van der Waals surface area contributed by atoms with Crippen LogP contribution in [0, 0.1) is 10.1 Å². The smallest absolute Gasteiger partial charge is 0.415 e. The fourth-order valence-electron chi connectivity index (χ4n) is 3.18. The maximum Gasteiger partial charge on any atom is 0.415 e. The monoisotopic (exact) mass is 437 g/mol. The zero-order chi connectivity index (χ0) is 23.4. The van der Waals surface area contributed by atoms with Crippen molar-refractivity contribution in [2.45, 2.75) is 71.2 Å². The largest absolute Gasteiger partial charge is 0.444 e. The number of hydrogen-bond acceptors (Lipinski definition) is 8. The minimum absolute atomic E-state index is 0.0824. The van der Waals surface area contributed by atoms with Crippen LogP contribution < -0.4 is 15.5 Å². The van der Waals surface area contributed by atoms with E-state index in [1.165, 1.54) is 17.2 Å². The summed E-state index contributed by atoms with van der Waals surface area (Å²) in [6, 6.07) is 0.552. The number of ether oxygens (including phenoxy) is 2. The highest BCUT2D eigenvalue weighted by molar-refractivity contribution is 5.91. The van der Waals surface area contributed by atoms with Crippen LogP contribution in [0.5, 0.6) is 0 Å². The summed E-state index contributed by atoms with van der Waals surface area (Å²) in [5.41, 5.74) is -1.67. The predicted octanol–water partition coefficient (Wildman–Crippen LogP) is 2.99. The summed E-state index contributed by atoms with van der Waals surface area (Å²) in [5.74, 6) is 0. The zero-order valence-corrected chi connectivity index (χ0v) is 18.8. The minimum Gasteiger partial charge on any atom is -0.444 e. The van der Waals surface area contributed by atoms with Crippen molar-refractivity contribution >= 4 is 23.6 Å². The van der Waals surface area contributed by atoms with Gasteiger partial charge < -0.3 is 20.1 Å². The Morgan fingerprint density at radius 1 is 1.19 bits per heavy atom. The number of aromatic nitrogens is 1. The molecule has 2 atom stereocenters. The summed E-state index contributed by atoms with van der Waals surface area (Å²) < 4.78 is 10.8. The highest BCUT2D eigenvalue weighted by atomic mass is 16.6. The van der Waals surface area contributed by atoms with E-state index in [4.69, 9.17) is 9.47 Å². The van der Waals surface area contributed by atoms with Crippen LogP contribution in [-0.2, 0) is 9.47 Å². The van der Waals surface area contributed by atoms with Crippen LogP contribution in [0.2, 0.25) is 0 Å². The zero-order valence-electron chi connectivity index (χ0n) is 18.8. The number of hydrogen-bond donors (Lipinski definition) is 2. The molecule has 172 valence electrons. The average Bonchev–Trinajstić information content (AvgIpc) is 2.59. The lowest BCUT2D eigenvalue weighted by molar-refractivity contribution is -0.384. The Balaban J connectivity index is 2.30. The quantitative estimate of drug-likeness (QED) is 0.542. The molecule has 2 rings (SSSR count). The Hall–Kier alpha value is -2.95. The van der Waals surface area contributed by atoms with Gasteiger partial charge in [-0.15, -0.1) is 0 Å². The first-order valence-electron chi connectivity index (χ1n) is 10.1. The van der Waals surface area contributed by atoms with Crippen LogP contribution in [0.4, 0.5) is 21.0 Å². The van der Waals surface area contributed by atoms with E-state index in [1.807, 2.05) is 0 Å². The number of amides is 2. The Morgan fingerprint density at radius 2 is 1.84 bits per heavy atom. The maximum atomic E-state index is 13.1. The summed E-state index contributed by atoms with van der Waals surface area (Å²) in [7, 11) is 0. The molecule has 1 aromatic heterocycles. The molecule has 2 amide bonds.